The van der Waals surface area contributed by atoms with Crippen molar-refractivity contribution in [2.75, 3.05) is 6.61 Å². The fourth-order valence-corrected chi connectivity index (χ4v) is 5.85. The van der Waals surface area contributed by atoms with Crippen molar-refractivity contribution in [1.82, 2.24) is 4.90 Å². The molecule has 1 aromatic carbocycles. The number of halogens is 1. The lowest BCUT2D eigenvalue weighted by Crippen LogP contribution is -2.65. The van der Waals surface area contributed by atoms with Crippen molar-refractivity contribution in [2.45, 2.75) is 54.5 Å². The molecule has 160 valence electrons. The van der Waals surface area contributed by atoms with Crippen molar-refractivity contribution in [3.63, 3.8) is 0 Å². The average Bonchev–Trinajstić information content (AvgIpc) is 2.92. The van der Waals surface area contributed by atoms with Gasteiger partial charge in [-0.05, 0) is 26.0 Å². The first kappa shape index (κ1) is 23.5. The van der Waals surface area contributed by atoms with E-state index in [0.717, 1.165) is 4.90 Å². The number of rotatable bonds is 5. The highest BCUT2D eigenvalue weighted by Gasteiger charge is 2.71. The molecule has 2 N–H and O–H groups in total. The summed E-state index contributed by atoms with van der Waals surface area (Å²) >= 11 is 4.71. The Morgan fingerprint density at radius 3 is 2.41 bits per heavy atom. The van der Waals surface area contributed by atoms with E-state index in [-0.39, 0.29) is 12.4 Å². The van der Waals surface area contributed by atoms with Gasteiger partial charge in [-0.3, -0.25) is 9.59 Å². The zero-order valence-electron chi connectivity index (χ0n) is 16.3. The lowest BCUT2D eigenvalue weighted by atomic mass is 9.84. The molecule has 3 rings (SSSR count). The van der Waals surface area contributed by atoms with Crippen LogP contribution in [0, 0.1) is 5.92 Å². The molecule has 0 spiro atoms. The van der Waals surface area contributed by atoms with Crippen LogP contribution in [-0.4, -0.2) is 66.5 Å². The Morgan fingerprint density at radius 2 is 2.00 bits per heavy atom. The van der Waals surface area contributed by atoms with Gasteiger partial charge in [0, 0.05) is 24.5 Å². The normalized spacial score (nSPS) is 29.7. The zero-order valence-corrected chi connectivity index (χ0v) is 17.9. The lowest BCUT2D eigenvalue weighted by Gasteiger charge is -2.45. The number of carbonyl (C=O) groups is 3. The molecule has 10 heteroatoms. The third kappa shape index (κ3) is 4.53. The van der Waals surface area contributed by atoms with E-state index < -0.39 is 51.4 Å². The second-order valence-corrected chi connectivity index (χ2v) is 9.45. The van der Waals surface area contributed by atoms with Gasteiger partial charge in [-0.2, -0.15) is 0 Å². The number of alkyl halides is 1. The van der Waals surface area contributed by atoms with E-state index in [0.29, 0.717) is 11.5 Å². The molecule has 2 aliphatic heterocycles. The molecule has 0 aromatic heterocycles. The van der Waals surface area contributed by atoms with Crippen molar-refractivity contribution in [2.24, 2.45) is 5.92 Å². The molecular formula is C19H24ClNO7S. The zero-order chi connectivity index (χ0) is 21.9. The highest BCUT2D eigenvalue weighted by atomic mass is 35.5. The number of aliphatic hydroxyl groups is 1. The van der Waals surface area contributed by atoms with Gasteiger partial charge < -0.3 is 24.4 Å². The van der Waals surface area contributed by atoms with Gasteiger partial charge in [-0.15, -0.1) is 0 Å². The quantitative estimate of drug-likeness (QED) is 0.303. The molecule has 1 aromatic rings. The van der Waals surface area contributed by atoms with Crippen LogP contribution in [0.25, 0.3) is 0 Å². The summed E-state index contributed by atoms with van der Waals surface area (Å²) in [6, 6.07) is 6.48. The van der Waals surface area contributed by atoms with Crippen LogP contribution in [0.15, 0.2) is 35.2 Å². The summed E-state index contributed by atoms with van der Waals surface area (Å²) in [5.74, 6) is -2.64. The van der Waals surface area contributed by atoms with Crippen molar-refractivity contribution in [3.05, 3.63) is 30.3 Å². The highest BCUT2D eigenvalue weighted by Crippen LogP contribution is 2.53. The summed E-state index contributed by atoms with van der Waals surface area (Å²) < 4.78 is 15.7. The van der Waals surface area contributed by atoms with E-state index in [4.69, 9.17) is 11.6 Å². The van der Waals surface area contributed by atoms with Gasteiger partial charge >= 0.3 is 11.9 Å². The number of amides is 1. The smallest absolute Gasteiger partial charge is 0.333 e. The number of β-lactam (4-membered cyclic amide) rings is 1. The predicted molar refractivity (Wildman–Crippen MR) is 106 cm³/mol. The molecule has 8 nitrogen and oxygen atoms in total. The summed E-state index contributed by atoms with van der Waals surface area (Å²) in [7, 11) is 0. The van der Waals surface area contributed by atoms with Gasteiger partial charge in [-0.1, -0.05) is 29.8 Å². The first-order chi connectivity index (χ1) is 13.6. The molecule has 2 aliphatic rings. The van der Waals surface area contributed by atoms with Crippen LogP contribution in [0.4, 0.5) is 0 Å². The SMILES string of the molecule is CC(O)C1C(=O)N2C1CC(Cl)([S+]([O-])c1ccccc1)C2C(=O)O.CCOC(C)=O. The Morgan fingerprint density at radius 1 is 1.41 bits per heavy atom. The Balaban J connectivity index is 0.000000438. The maximum absolute atomic E-state index is 12.9. The summed E-state index contributed by atoms with van der Waals surface area (Å²) in [4.78, 5) is 35.3. The fraction of sp³-hybridized carbons (Fsp3) is 0.526. The van der Waals surface area contributed by atoms with Crippen molar-refractivity contribution >= 4 is 40.6 Å². The number of aliphatic carboxylic acids is 1. The minimum absolute atomic E-state index is 0.0638. The van der Waals surface area contributed by atoms with Gasteiger partial charge in [0.2, 0.25) is 10.1 Å². The number of benzene rings is 1. The molecule has 0 bridgehead atoms. The molecule has 6 unspecified atom stereocenters. The molecule has 0 saturated carbocycles. The van der Waals surface area contributed by atoms with Crippen molar-refractivity contribution in [1.29, 1.82) is 0 Å². The van der Waals surface area contributed by atoms with Crippen LogP contribution in [0.5, 0.6) is 0 Å². The topological polar surface area (TPSA) is 127 Å². The number of nitrogens with zero attached hydrogens (tertiary/aromatic N) is 1. The van der Waals surface area contributed by atoms with Crippen molar-refractivity contribution in [3.8, 4) is 0 Å². The minimum Gasteiger partial charge on any atom is -0.610 e. The van der Waals surface area contributed by atoms with E-state index >= 15 is 0 Å². The second kappa shape index (κ2) is 9.34. The predicted octanol–water partition coefficient (Wildman–Crippen LogP) is 1.36. The fourth-order valence-electron chi connectivity index (χ4n) is 3.69. The molecule has 2 heterocycles. The number of hydrogen-bond acceptors (Lipinski definition) is 6. The average molecular weight is 446 g/mol. The third-order valence-electron chi connectivity index (χ3n) is 4.85. The molecule has 0 aliphatic carbocycles. The first-order valence-electron chi connectivity index (χ1n) is 9.08. The van der Waals surface area contributed by atoms with Gasteiger partial charge in [0.15, 0.2) is 10.9 Å². The minimum atomic E-state index is -1.81. The van der Waals surface area contributed by atoms with E-state index in [1.54, 1.807) is 37.3 Å². The summed E-state index contributed by atoms with van der Waals surface area (Å²) in [6.45, 7) is 5.14. The lowest BCUT2D eigenvalue weighted by molar-refractivity contribution is -0.169. The third-order valence-corrected chi connectivity index (χ3v) is 7.34. The molecule has 0 radical (unpaired) electrons. The van der Waals surface area contributed by atoms with Gasteiger partial charge in [0.25, 0.3) is 0 Å². The van der Waals surface area contributed by atoms with Gasteiger partial charge in [-0.25, -0.2) is 4.79 Å². The number of esters is 1. The summed E-state index contributed by atoms with van der Waals surface area (Å²) in [5, 5.41) is 19.3. The molecule has 2 fully saturated rings. The van der Waals surface area contributed by atoms with Crippen LogP contribution in [0.2, 0.25) is 0 Å². The van der Waals surface area contributed by atoms with Crippen LogP contribution >= 0.6 is 11.6 Å². The highest BCUT2D eigenvalue weighted by molar-refractivity contribution is 7.94. The standard InChI is InChI=1S/C15H16ClNO5S.C4H8O2/c1-8(18)11-10-7-15(16,12(14(20)21)17(10)13(11)19)23(22)9-5-3-2-4-6-9;1-3-6-4(2)5/h2-6,8,10-12,18H,7H2,1H3,(H,20,21);3H2,1-2H3. The van der Waals surface area contributed by atoms with Crippen molar-refractivity contribution < 1.29 is 33.9 Å². The van der Waals surface area contributed by atoms with Crippen LogP contribution in [-0.2, 0) is 30.3 Å². The number of aliphatic hydroxyl groups excluding tert-OH is 1. The van der Waals surface area contributed by atoms with Gasteiger partial charge in [0.05, 0.1) is 24.7 Å². The number of carboxylic acids is 1. The van der Waals surface area contributed by atoms with Crippen LogP contribution in [0.1, 0.15) is 27.2 Å². The van der Waals surface area contributed by atoms with Gasteiger partial charge in [0.1, 0.15) is 0 Å². The molecule has 6 atom stereocenters. The van der Waals surface area contributed by atoms with E-state index in [1.165, 1.54) is 13.8 Å². The molecule has 2 saturated heterocycles. The molecule has 29 heavy (non-hydrogen) atoms. The van der Waals surface area contributed by atoms with E-state index in [1.807, 2.05) is 0 Å². The molecular weight excluding hydrogens is 422 g/mol. The Labute approximate surface area is 177 Å². The number of hydrogen-bond donors (Lipinski definition) is 2. The Hall–Kier alpha value is -1.81. The first-order valence-corrected chi connectivity index (χ1v) is 10.6. The number of ether oxygens (including phenoxy) is 1. The molecule has 1 amide bonds. The van der Waals surface area contributed by atoms with E-state index in [9.17, 15) is 29.1 Å². The Bertz CT molecular complexity index is 762. The Kier molecular flexibility index (Phi) is 7.56. The monoisotopic (exact) mass is 445 g/mol. The van der Waals surface area contributed by atoms with E-state index in [2.05, 4.69) is 4.74 Å². The second-order valence-electron chi connectivity index (χ2n) is 6.82. The number of carboxylic acid groups (broad SMARTS) is 1. The van der Waals surface area contributed by atoms with Crippen LogP contribution in [0.3, 0.4) is 0 Å². The summed E-state index contributed by atoms with van der Waals surface area (Å²) in [5.41, 5.74) is 0. The largest absolute Gasteiger partial charge is 0.610 e. The number of carbonyl (C=O) groups excluding carboxylic acids is 2. The number of fused-ring (bicyclic) bond motifs is 1. The van der Waals surface area contributed by atoms with Crippen LogP contribution < -0.4 is 0 Å². The summed E-state index contributed by atoms with van der Waals surface area (Å²) in [6.07, 6.45) is -0.837. The maximum atomic E-state index is 12.9. The maximum Gasteiger partial charge on any atom is 0.333 e.